The average Bonchev–Trinajstić information content (AvgIpc) is 2.49. The molecule has 0 aromatic rings. The van der Waals surface area contributed by atoms with Crippen LogP contribution in [0.1, 0.15) is 136 Å². The van der Waals surface area contributed by atoms with Crippen LogP contribution in [0.15, 0.2) is 0 Å². The van der Waals surface area contributed by atoms with Crippen molar-refractivity contribution in [2.24, 2.45) is 17.8 Å². The van der Waals surface area contributed by atoms with Crippen molar-refractivity contribution >= 4 is 11.8 Å². The quantitative estimate of drug-likeness (QED) is 0.455. The van der Waals surface area contributed by atoms with Crippen LogP contribution in [0.2, 0.25) is 0 Å². The summed E-state index contributed by atoms with van der Waals surface area (Å²) >= 11 is 1.90. The number of rotatable bonds is 4. The summed E-state index contributed by atoms with van der Waals surface area (Å²) in [5.74, 6) is 4.11. The van der Waals surface area contributed by atoms with Crippen molar-refractivity contribution in [2.75, 3.05) is 12.0 Å². The molecule has 0 radical (unpaired) electrons. The SMILES string of the molecule is C.C.C.C.CC(C)C.CCC(C)C.CCC1CCCCC1.CCCSC. The Balaban J connectivity index is -0.0000000365. The monoisotopic (exact) mass is 396 g/mol. The first-order valence-electron chi connectivity index (χ1n) is 9.84. The molecule has 1 aliphatic carbocycles. The van der Waals surface area contributed by atoms with Crippen LogP contribution in [-0.4, -0.2) is 12.0 Å². The number of hydrogen-bond acceptors (Lipinski definition) is 1. The van der Waals surface area contributed by atoms with Gasteiger partial charge in [0.25, 0.3) is 0 Å². The lowest BCUT2D eigenvalue weighted by molar-refractivity contribution is 0.349. The van der Waals surface area contributed by atoms with E-state index in [9.17, 15) is 0 Å². The molecule has 0 amide bonds. The van der Waals surface area contributed by atoms with E-state index in [0.717, 1.165) is 17.8 Å². The van der Waals surface area contributed by atoms with Crippen molar-refractivity contribution in [2.45, 2.75) is 136 Å². The summed E-state index contributed by atoms with van der Waals surface area (Å²) in [6.45, 7) is 17.6. The molecule has 0 spiro atoms. The van der Waals surface area contributed by atoms with Gasteiger partial charge in [-0.05, 0) is 36.2 Å². The molecular formula is C25H64S. The molecule has 0 N–H and O–H groups in total. The molecule has 1 rings (SSSR count). The second-order valence-electron chi connectivity index (χ2n) is 7.44. The van der Waals surface area contributed by atoms with Gasteiger partial charge in [0.05, 0.1) is 0 Å². The summed E-state index contributed by atoms with van der Waals surface area (Å²) < 4.78 is 0. The zero-order chi connectivity index (χ0) is 17.8. The summed E-state index contributed by atoms with van der Waals surface area (Å²) in [6.07, 6.45) is 13.7. The normalized spacial score (nSPS) is 12.1. The molecule has 170 valence electrons. The molecule has 26 heavy (non-hydrogen) atoms. The van der Waals surface area contributed by atoms with E-state index in [1.807, 2.05) is 11.8 Å². The van der Waals surface area contributed by atoms with E-state index >= 15 is 0 Å². The molecule has 1 saturated carbocycles. The van der Waals surface area contributed by atoms with Crippen LogP contribution in [0, 0.1) is 17.8 Å². The Bertz CT molecular complexity index is 153. The first-order valence-corrected chi connectivity index (χ1v) is 11.2. The third kappa shape index (κ3) is 64.5. The van der Waals surface area contributed by atoms with E-state index in [1.54, 1.807) is 0 Å². The minimum atomic E-state index is 0. The van der Waals surface area contributed by atoms with Crippen molar-refractivity contribution in [3.8, 4) is 0 Å². The lowest BCUT2D eigenvalue weighted by Crippen LogP contribution is -2.03. The largest absolute Gasteiger partial charge is 0.165 e. The van der Waals surface area contributed by atoms with Crippen LogP contribution in [0.4, 0.5) is 0 Å². The van der Waals surface area contributed by atoms with Crippen LogP contribution >= 0.6 is 11.8 Å². The van der Waals surface area contributed by atoms with Crippen molar-refractivity contribution in [1.29, 1.82) is 0 Å². The van der Waals surface area contributed by atoms with Crippen molar-refractivity contribution in [3.63, 3.8) is 0 Å². The van der Waals surface area contributed by atoms with Crippen LogP contribution < -0.4 is 0 Å². The fourth-order valence-corrected chi connectivity index (χ4v) is 2.21. The zero-order valence-electron chi connectivity index (χ0n) is 17.5. The third-order valence-corrected chi connectivity index (χ3v) is 4.34. The fraction of sp³-hybridized carbons (Fsp3) is 1.00. The van der Waals surface area contributed by atoms with Crippen molar-refractivity contribution < 1.29 is 0 Å². The molecule has 1 fully saturated rings. The maximum absolute atomic E-state index is 2.32. The van der Waals surface area contributed by atoms with E-state index in [4.69, 9.17) is 0 Å². The second kappa shape index (κ2) is 40.1. The summed E-state index contributed by atoms with van der Waals surface area (Å²) in [7, 11) is 0. The topological polar surface area (TPSA) is 0 Å². The van der Waals surface area contributed by atoms with E-state index in [1.165, 1.54) is 57.1 Å². The van der Waals surface area contributed by atoms with E-state index < -0.39 is 0 Å². The molecule has 0 aromatic carbocycles. The summed E-state index contributed by atoms with van der Waals surface area (Å²) in [5, 5.41) is 0. The molecule has 0 bridgehead atoms. The number of hydrogen-bond donors (Lipinski definition) is 0. The highest BCUT2D eigenvalue weighted by atomic mass is 32.2. The molecule has 0 aliphatic heterocycles. The smallest absolute Gasteiger partial charge is 0.00729 e. The fourth-order valence-electron chi connectivity index (χ4n) is 1.80. The van der Waals surface area contributed by atoms with Gasteiger partial charge < -0.3 is 0 Å². The highest BCUT2D eigenvalue weighted by Gasteiger charge is 2.09. The molecule has 0 aromatic heterocycles. The maximum Gasteiger partial charge on any atom is -0.00729 e. The standard InChI is InChI=1S/C8H16.C5H12.C4H10S.C4H10.4CH4/c1-2-8-6-4-3-5-7-8;1-4-5(2)3;1-3-4-5-2;1-4(2)3;;;;/h8H,2-7H2,1H3;5H,4H2,1-3H3;3-4H2,1-2H3;4H,1-3H3;4*1H4. The van der Waals surface area contributed by atoms with Gasteiger partial charge in [0.15, 0.2) is 0 Å². The van der Waals surface area contributed by atoms with Gasteiger partial charge in [0, 0.05) is 0 Å². The summed E-state index contributed by atoms with van der Waals surface area (Å²) in [4.78, 5) is 0. The van der Waals surface area contributed by atoms with E-state index in [2.05, 4.69) is 61.6 Å². The lowest BCUT2D eigenvalue weighted by atomic mass is 9.88. The van der Waals surface area contributed by atoms with Gasteiger partial charge in [-0.2, -0.15) is 11.8 Å². The van der Waals surface area contributed by atoms with Gasteiger partial charge in [-0.25, -0.2) is 0 Å². The maximum atomic E-state index is 2.32. The van der Waals surface area contributed by atoms with Crippen LogP contribution in [0.25, 0.3) is 0 Å². The van der Waals surface area contributed by atoms with Crippen LogP contribution in [0.3, 0.4) is 0 Å². The zero-order valence-corrected chi connectivity index (χ0v) is 18.3. The first kappa shape index (κ1) is 45.2. The van der Waals surface area contributed by atoms with Crippen molar-refractivity contribution in [3.05, 3.63) is 0 Å². The van der Waals surface area contributed by atoms with Gasteiger partial charge in [0.2, 0.25) is 0 Å². The molecule has 1 aliphatic rings. The molecule has 0 saturated heterocycles. The van der Waals surface area contributed by atoms with Crippen LogP contribution in [-0.2, 0) is 0 Å². The van der Waals surface area contributed by atoms with Gasteiger partial charge in [-0.1, -0.05) is 130 Å². The second-order valence-corrected chi connectivity index (χ2v) is 8.42. The first-order chi connectivity index (χ1) is 10.3. The summed E-state index contributed by atoms with van der Waals surface area (Å²) in [5.41, 5.74) is 0. The van der Waals surface area contributed by atoms with Crippen LogP contribution in [0.5, 0.6) is 0 Å². The molecule has 1 heteroatoms. The predicted molar refractivity (Wildman–Crippen MR) is 138 cm³/mol. The Labute approximate surface area is 178 Å². The predicted octanol–water partition coefficient (Wildman–Crippen LogP) is 11.0. The van der Waals surface area contributed by atoms with Gasteiger partial charge in [-0.15, -0.1) is 0 Å². The average molecular weight is 397 g/mol. The minimum absolute atomic E-state index is 0. The molecule has 0 unspecified atom stereocenters. The lowest BCUT2D eigenvalue weighted by Gasteiger charge is -2.18. The molecular weight excluding hydrogens is 332 g/mol. The van der Waals surface area contributed by atoms with E-state index in [-0.39, 0.29) is 29.7 Å². The van der Waals surface area contributed by atoms with E-state index in [0.29, 0.717) is 0 Å². The third-order valence-electron chi connectivity index (χ3n) is 3.53. The molecule has 0 atom stereocenters. The Morgan fingerprint density at radius 2 is 1.12 bits per heavy atom. The molecule has 0 heterocycles. The Kier molecular flexibility index (Phi) is 69.8. The molecule has 0 nitrogen and oxygen atoms in total. The highest BCUT2D eigenvalue weighted by Crippen LogP contribution is 2.25. The Hall–Kier alpha value is 0.350. The van der Waals surface area contributed by atoms with Gasteiger partial charge in [-0.3, -0.25) is 0 Å². The van der Waals surface area contributed by atoms with Crippen molar-refractivity contribution in [1.82, 2.24) is 0 Å². The Morgan fingerprint density at radius 1 is 0.769 bits per heavy atom. The highest BCUT2D eigenvalue weighted by molar-refractivity contribution is 7.98. The number of thioether (sulfide) groups is 1. The Morgan fingerprint density at radius 3 is 1.23 bits per heavy atom. The van der Waals surface area contributed by atoms with Gasteiger partial charge >= 0.3 is 0 Å². The summed E-state index contributed by atoms with van der Waals surface area (Å²) in [6, 6.07) is 0. The minimum Gasteiger partial charge on any atom is -0.165 e. The van der Waals surface area contributed by atoms with Gasteiger partial charge in [0.1, 0.15) is 0 Å².